The standard InChI is InChI=1S/2C13H19N3O2.C12H19ClN2O2.C9H16N2O3.C9H14N2O2.C9H15NO.C6H12N2O/c1-3-18-12(17)16-8-6-13(7-9-16)5-4-10(15-2)11(13)14;1-3-18-12(17)16-10-7-13(15-2,8-11-16)6-4-5-9-14;1-3-17-11(16)15-9-6-12(14-2,7-10-15)5-4-8-13;1-2-14-9(13)11-5-3-7(4-6-11)8(10)12;1-2-13-9(12)11-5-3-8(7-10)4-6-11;11-8-2-1-3-9(8)4-6-10-7-5-9;7-6(9)5-1-3-8-4-2-5/h10,14H,3-9H2,1H3;3-8,10-11H2,1H3;3-10H2,1H3;7H,2-6H2,1H3,(H2,10,12);8H,2-6H2,1H3;10H,1-7H2;5,8H,1-4H2,(H2,7,9). The van der Waals surface area contributed by atoms with Crippen molar-refractivity contribution in [3.8, 4) is 12.1 Å². The van der Waals surface area contributed by atoms with Crippen LogP contribution in [0.15, 0.2) is 0 Å². The minimum absolute atomic E-state index is 0.0827. The smallest absolute Gasteiger partial charge is 0.409 e. The fraction of sp³-hybridized carbons (Fsp3) is 0.803. The molecule has 1 atom stereocenters. The minimum atomic E-state index is -0.375. The van der Waals surface area contributed by atoms with E-state index in [1.54, 1.807) is 59.1 Å². The van der Waals surface area contributed by atoms with Gasteiger partial charge in [0.15, 0.2) is 0 Å². The summed E-state index contributed by atoms with van der Waals surface area (Å²) in [5.74, 6) is 0.889. The van der Waals surface area contributed by atoms with Crippen molar-refractivity contribution in [2.45, 2.75) is 206 Å². The van der Waals surface area contributed by atoms with Crippen LogP contribution in [0.25, 0.3) is 14.5 Å². The lowest BCUT2D eigenvalue weighted by Crippen LogP contribution is -2.45. The molecule has 0 radical (unpaired) electrons. The van der Waals surface area contributed by atoms with Crippen molar-refractivity contribution in [2.24, 2.45) is 40.1 Å². The molecule has 0 aromatic carbocycles. The first kappa shape index (κ1) is 86.5. The lowest BCUT2D eigenvalue weighted by Gasteiger charge is -2.38. The average Bonchev–Trinajstić information content (AvgIpc) is 1.61. The maximum absolute atomic E-state index is 11.6. The Kier molecular flexibility index (Phi) is 40.4. The molecule has 7 N–H and O–H groups in total. The maximum Gasteiger partial charge on any atom is 0.409 e. The largest absolute Gasteiger partial charge is 0.450 e. The van der Waals surface area contributed by atoms with Gasteiger partial charge in [-0.3, -0.25) is 14.4 Å². The van der Waals surface area contributed by atoms with Crippen molar-refractivity contribution < 1.29 is 62.0 Å². The van der Waals surface area contributed by atoms with Crippen LogP contribution in [0, 0.1) is 76.4 Å². The molecule has 1 unspecified atom stereocenters. The first-order valence-electron chi connectivity index (χ1n) is 36.2. The summed E-state index contributed by atoms with van der Waals surface area (Å²) in [7, 11) is 0. The molecule has 0 aromatic rings. The third-order valence-electron chi connectivity index (χ3n) is 20.4. The number of nitrogens with zero attached hydrogens (tertiary/aromatic N) is 10. The zero-order valence-corrected chi connectivity index (χ0v) is 61.0. The highest BCUT2D eigenvalue weighted by Crippen LogP contribution is 2.45. The molecule has 9 aliphatic rings. The molecule has 29 heteroatoms. The first-order chi connectivity index (χ1) is 48.0. The molecule has 9 fully saturated rings. The zero-order chi connectivity index (χ0) is 74.0. The van der Waals surface area contributed by atoms with Gasteiger partial charge in [0.05, 0.1) is 50.9 Å². The number of nitriles is 2. The van der Waals surface area contributed by atoms with Crippen molar-refractivity contribution >= 4 is 65.4 Å². The van der Waals surface area contributed by atoms with E-state index in [0.29, 0.717) is 148 Å². The number of halogens is 1. The van der Waals surface area contributed by atoms with Gasteiger partial charge in [-0.1, -0.05) is 0 Å². The predicted molar refractivity (Wildman–Crippen MR) is 377 cm³/mol. The molecule has 2 aliphatic carbocycles. The van der Waals surface area contributed by atoms with E-state index in [4.69, 9.17) is 82.4 Å². The van der Waals surface area contributed by atoms with Crippen LogP contribution in [0.3, 0.4) is 0 Å². The summed E-state index contributed by atoms with van der Waals surface area (Å²) in [6, 6.07) is 4.10. The highest BCUT2D eigenvalue weighted by molar-refractivity contribution is 6.17. The van der Waals surface area contributed by atoms with E-state index in [1.165, 1.54) is 0 Å². The van der Waals surface area contributed by atoms with Gasteiger partial charge in [-0.15, -0.1) is 11.6 Å². The predicted octanol–water partition coefficient (Wildman–Crippen LogP) is 10.1. The number of carbonyl (C=O) groups is 8. The Bertz CT molecular complexity index is 2780. The van der Waals surface area contributed by atoms with Gasteiger partial charge < -0.3 is 90.2 Å². The van der Waals surface area contributed by atoms with Gasteiger partial charge >= 0.3 is 30.5 Å². The van der Waals surface area contributed by atoms with E-state index in [1.807, 2.05) is 0 Å². The molecule has 2 saturated carbocycles. The highest BCUT2D eigenvalue weighted by Gasteiger charge is 2.50. The number of nitrogens with one attached hydrogen (secondary N) is 3. The van der Waals surface area contributed by atoms with Crippen molar-refractivity contribution in [1.29, 1.82) is 15.9 Å². The Morgan fingerprint density at radius 2 is 0.910 bits per heavy atom. The van der Waals surface area contributed by atoms with Crippen LogP contribution in [0.4, 0.5) is 24.0 Å². The molecule has 0 aromatic heterocycles. The summed E-state index contributed by atoms with van der Waals surface area (Å²) in [6.45, 7) is 42.8. The molecule has 0 bridgehead atoms. The Hall–Kier alpha value is -7.71. The van der Waals surface area contributed by atoms with Crippen LogP contribution in [-0.2, 0) is 38.1 Å². The third kappa shape index (κ3) is 28.4. The van der Waals surface area contributed by atoms with Crippen molar-refractivity contribution in [2.75, 3.05) is 131 Å². The zero-order valence-electron chi connectivity index (χ0n) is 60.2. The van der Waals surface area contributed by atoms with Crippen LogP contribution < -0.4 is 22.1 Å². The Balaban J connectivity index is 0.000000307. The van der Waals surface area contributed by atoms with E-state index in [9.17, 15) is 38.4 Å². The molecule has 100 heavy (non-hydrogen) atoms. The second kappa shape index (κ2) is 46.7. The molecule has 2 spiro atoms. The number of piperidine rings is 7. The van der Waals surface area contributed by atoms with Crippen molar-refractivity contribution in [1.82, 2.24) is 35.1 Å². The Labute approximate surface area is 598 Å². The number of likely N-dealkylation sites (tertiary alicyclic amines) is 5. The minimum Gasteiger partial charge on any atom is -0.450 e. The summed E-state index contributed by atoms with van der Waals surface area (Å²) in [6.07, 6.45) is 18.5. The third-order valence-corrected chi connectivity index (χ3v) is 20.7. The van der Waals surface area contributed by atoms with E-state index in [2.05, 4.69) is 37.3 Å². The summed E-state index contributed by atoms with van der Waals surface area (Å²) < 4.78 is 24.6. The van der Waals surface area contributed by atoms with E-state index >= 15 is 0 Å². The van der Waals surface area contributed by atoms with Crippen LogP contribution in [-0.4, -0.2) is 226 Å². The van der Waals surface area contributed by atoms with Crippen LogP contribution in [0.1, 0.15) is 189 Å². The topological polar surface area (TPSA) is 360 Å². The molecule has 558 valence electrons. The number of unbranched alkanes of at least 4 members (excludes halogenated alkanes) is 1. The lowest BCUT2D eigenvalue weighted by molar-refractivity contribution is -0.127. The summed E-state index contributed by atoms with van der Waals surface area (Å²) >= 11 is 5.67. The van der Waals surface area contributed by atoms with E-state index in [0.717, 1.165) is 148 Å². The Morgan fingerprint density at radius 1 is 0.530 bits per heavy atom. The number of ketones is 1. The average molecular weight is 1420 g/mol. The SMILES string of the molecule is CCOC(=O)N1CCC(C#N)CC1.CCOC(=O)N1CCC(C(N)=O)CC1.NC(=O)C1CCNCC1.O=C1CCCC12CCNCC2.[C-]#[N+]C1(CCCC#N)CCN(C(=O)OCC)CC1.[C-]#[N+]C1(CCCCl)CCN(C(=O)OCC)CC1.[C-]#[N+]C1CCC2(CCN(C(=O)OCC)CC2)C1=N. The molecule has 7 heterocycles. The molecule has 7 aliphatic heterocycles. The van der Waals surface area contributed by atoms with Gasteiger partial charge in [-0.2, -0.15) is 10.5 Å². The van der Waals surface area contributed by atoms with Gasteiger partial charge in [-0.05, 0) is 157 Å². The number of ether oxygens (including phenoxy) is 5. The number of Topliss-reactive ketones (excluding diaryl/α,β-unsaturated/α-hetero) is 1. The van der Waals surface area contributed by atoms with Crippen LogP contribution >= 0.6 is 11.6 Å². The molecule has 28 nitrogen and oxygen atoms in total. The van der Waals surface area contributed by atoms with Crippen molar-refractivity contribution in [3.63, 3.8) is 0 Å². The normalized spacial score (nSPS) is 21.1. The molecule has 7 amide bonds. The van der Waals surface area contributed by atoms with Crippen molar-refractivity contribution in [3.05, 3.63) is 34.3 Å². The van der Waals surface area contributed by atoms with Gasteiger partial charge in [0, 0.05) is 158 Å². The second-order valence-electron chi connectivity index (χ2n) is 26.6. The number of hydrogen-bond donors (Lipinski definition) is 5. The maximum atomic E-state index is 11.6. The number of hydrogen-bond acceptors (Lipinski definition) is 18. The van der Waals surface area contributed by atoms with Gasteiger partial charge in [0.2, 0.25) is 22.9 Å². The summed E-state index contributed by atoms with van der Waals surface area (Å²) in [4.78, 5) is 109. The number of alkyl halides is 1. The highest BCUT2D eigenvalue weighted by atomic mass is 35.5. The molecular weight excluding hydrogens is 1310 g/mol. The summed E-state index contributed by atoms with van der Waals surface area (Å²) in [5.41, 5.74) is 10.2. The first-order valence-corrected chi connectivity index (χ1v) is 36.7. The van der Waals surface area contributed by atoms with Gasteiger partial charge in [-0.25, -0.2) is 43.7 Å². The second-order valence-corrected chi connectivity index (χ2v) is 27.0. The quantitative estimate of drug-likeness (QED) is 0.0495. The number of amides is 7. The Morgan fingerprint density at radius 3 is 1.24 bits per heavy atom. The lowest BCUT2D eigenvalue weighted by atomic mass is 9.75. The fourth-order valence-corrected chi connectivity index (χ4v) is 14.0. The molecule has 9 rings (SSSR count). The number of carbonyl (C=O) groups excluding carboxylic acids is 8. The summed E-state index contributed by atoms with van der Waals surface area (Å²) in [5, 5.41) is 31.8. The molecule has 7 saturated heterocycles. The van der Waals surface area contributed by atoms with E-state index in [-0.39, 0.29) is 88.0 Å². The monoisotopic (exact) mass is 1420 g/mol. The van der Waals surface area contributed by atoms with Gasteiger partial charge in [0.25, 0.3) is 6.04 Å². The number of primary amides is 2. The van der Waals surface area contributed by atoms with E-state index < -0.39 is 0 Å². The fourth-order valence-electron chi connectivity index (χ4n) is 13.9. The number of nitrogens with two attached hydrogens (primary N) is 2. The number of rotatable bonds is 13. The van der Waals surface area contributed by atoms with Crippen LogP contribution in [0.5, 0.6) is 0 Å². The van der Waals surface area contributed by atoms with Gasteiger partial charge in [0.1, 0.15) is 5.78 Å². The van der Waals surface area contributed by atoms with Crippen LogP contribution in [0.2, 0.25) is 0 Å². The molecular formula is C71H114ClN15O13.